The molecule has 2 aliphatic heterocycles. The molecular formula is C15H30ClN3O. The molecule has 2 fully saturated rings. The molecule has 0 bridgehead atoms. The monoisotopic (exact) mass is 303 g/mol. The molecule has 20 heavy (non-hydrogen) atoms. The van der Waals surface area contributed by atoms with E-state index in [1.54, 1.807) is 0 Å². The lowest BCUT2D eigenvalue weighted by Crippen LogP contribution is -2.52. The molecule has 0 saturated carbocycles. The molecule has 0 radical (unpaired) electrons. The lowest BCUT2D eigenvalue weighted by atomic mass is 9.96. The normalized spacial score (nSPS) is 26.4. The minimum atomic E-state index is -0.669. The Morgan fingerprint density at radius 3 is 2.55 bits per heavy atom. The molecule has 2 aliphatic rings. The van der Waals surface area contributed by atoms with Gasteiger partial charge in [0.25, 0.3) is 0 Å². The molecule has 0 aromatic rings. The van der Waals surface area contributed by atoms with E-state index in [0.717, 1.165) is 32.4 Å². The summed E-state index contributed by atoms with van der Waals surface area (Å²) in [6, 6.07) is 0. The minimum absolute atomic E-state index is 0. The standard InChI is InChI=1S/C15H29N3O.ClH/c1-3-7-15(2,16)14(19)18-10-6-13(12-18)11-17-8-4-5-9-17;/h13H,3-12,16H2,1-2H3;1H. The van der Waals surface area contributed by atoms with Gasteiger partial charge in [0, 0.05) is 19.6 Å². The SMILES string of the molecule is CCCC(C)(N)C(=O)N1CCC(CN2CCCC2)C1.Cl. The van der Waals surface area contributed by atoms with Gasteiger partial charge >= 0.3 is 0 Å². The second kappa shape index (κ2) is 7.62. The van der Waals surface area contributed by atoms with E-state index >= 15 is 0 Å². The molecule has 2 unspecified atom stereocenters. The number of rotatable bonds is 5. The van der Waals surface area contributed by atoms with Gasteiger partial charge in [0.05, 0.1) is 5.54 Å². The van der Waals surface area contributed by atoms with E-state index in [1.807, 2.05) is 11.8 Å². The van der Waals surface area contributed by atoms with Gasteiger partial charge in [-0.2, -0.15) is 0 Å². The lowest BCUT2D eigenvalue weighted by molar-refractivity contribution is -0.135. The Labute approximate surface area is 129 Å². The van der Waals surface area contributed by atoms with Crippen LogP contribution in [0.4, 0.5) is 0 Å². The van der Waals surface area contributed by atoms with Crippen molar-refractivity contribution >= 4 is 18.3 Å². The lowest BCUT2D eigenvalue weighted by Gasteiger charge is -2.29. The van der Waals surface area contributed by atoms with Crippen molar-refractivity contribution in [2.45, 2.75) is 51.5 Å². The van der Waals surface area contributed by atoms with Crippen LogP contribution in [0.25, 0.3) is 0 Å². The van der Waals surface area contributed by atoms with Gasteiger partial charge in [-0.25, -0.2) is 0 Å². The topological polar surface area (TPSA) is 49.6 Å². The zero-order valence-corrected chi connectivity index (χ0v) is 13.8. The Balaban J connectivity index is 0.00000200. The van der Waals surface area contributed by atoms with Gasteiger partial charge in [0.1, 0.15) is 0 Å². The summed E-state index contributed by atoms with van der Waals surface area (Å²) < 4.78 is 0. The minimum Gasteiger partial charge on any atom is -0.341 e. The number of amides is 1. The molecule has 2 atom stereocenters. The molecule has 0 spiro atoms. The molecule has 2 saturated heterocycles. The van der Waals surface area contributed by atoms with Crippen LogP contribution in [0.2, 0.25) is 0 Å². The second-order valence-corrected chi connectivity index (χ2v) is 6.58. The van der Waals surface area contributed by atoms with E-state index in [2.05, 4.69) is 11.8 Å². The van der Waals surface area contributed by atoms with Crippen LogP contribution < -0.4 is 5.73 Å². The Morgan fingerprint density at radius 2 is 1.95 bits per heavy atom. The summed E-state index contributed by atoms with van der Waals surface area (Å²) in [5.41, 5.74) is 5.49. The maximum Gasteiger partial charge on any atom is 0.242 e. The van der Waals surface area contributed by atoms with Crippen molar-refractivity contribution in [3.8, 4) is 0 Å². The molecule has 2 N–H and O–H groups in total. The Hall–Kier alpha value is -0.320. The highest BCUT2D eigenvalue weighted by atomic mass is 35.5. The maximum atomic E-state index is 12.4. The van der Waals surface area contributed by atoms with Crippen LogP contribution in [0, 0.1) is 5.92 Å². The fourth-order valence-electron chi connectivity index (χ4n) is 3.48. The predicted molar refractivity (Wildman–Crippen MR) is 85.1 cm³/mol. The molecule has 4 nitrogen and oxygen atoms in total. The number of hydrogen-bond acceptors (Lipinski definition) is 3. The highest BCUT2D eigenvalue weighted by Crippen LogP contribution is 2.23. The van der Waals surface area contributed by atoms with E-state index in [0.29, 0.717) is 5.92 Å². The Morgan fingerprint density at radius 1 is 1.30 bits per heavy atom. The summed E-state index contributed by atoms with van der Waals surface area (Å²) in [5, 5.41) is 0. The van der Waals surface area contributed by atoms with Gasteiger partial charge in [-0.3, -0.25) is 4.79 Å². The molecule has 2 rings (SSSR count). The van der Waals surface area contributed by atoms with Gasteiger partial charge in [-0.05, 0) is 51.6 Å². The van der Waals surface area contributed by atoms with Crippen LogP contribution >= 0.6 is 12.4 Å². The van der Waals surface area contributed by atoms with E-state index in [-0.39, 0.29) is 18.3 Å². The summed E-state index contributed by atoms with van der Waals surface area (Å²) >= 11 is 0. The number of likely N-dealkylation sites (tertiary alicyclic amines) is 2. The van der Waals surface area contributed by atoms with E-state index < -0.39 is 5.54 Å². The number of halogens is 1. The number of carbonyl (C=O) groups excluding carboxylic acids is 1. The van der Waals surface area contributed by atoms with Crippen molar-refractivity contribution in [1.29, 1.82) is 0 Å². The first-order valence-electron chi connectivity index (χ1n) is 7.83. The van der Waals surface area contributed by atoms with Gasteiger partial charge in [0.15, 0.2) is 0 Å². The zero-order valence-electron chi connectivity index (χ0n) is 12.9. The molecule has 5 heteroatoms. The summed E-state index contributed by atoms with van der Waals surface area (Å²) in [6.45, 7) is 9.42. The molecule has 0 aromatic heterocycles. The van der Waals surface area contributed by atoms with Gasteiger partial charge in [-0.1, -0.05) is 13.3 Å². The second-order valence-electron chi connectivity index (χ2n) is 6.58. The predicted octanol–water partition coefficient (Wildman–Crippen LogP) is 1.87. The fraction of sp³-hybridized carbons (Fsp3) is 0.933. The van der Waals surface area contributed by atoms with Crippen molar-refractivity contribution in [3.63, 3.8) is 0 Å². The third kappa shape index (κ3) is 4.34. The Kier molecular flexibility index (Phi) is 6.76. The zero-order chi connectivity index (χ0) is 13.9. The summed E-state index contributed by atoms with van der Waals surface area (Å²) in [6.07, 6.45) is 5.56. The van der Waals surface area contributed by atoms with Crippen LogP contribution in [-0.2, 0) is 4.79 Å². The number of nitrogens with two attached hydrogens (primary N) is 1. The summed E-state index contributed by atoms with van der Waals surface area (Å²) in [4.78, 5) is 17.0. The maximum absolute atomic E-state index is 12.4. The highest BCUT2D eigenvalue weighted by Gasteiger charge is 2.36. The van der Waals surface area contributed by atoms with Gasteiger partial charge in [-0.15, -0.1) is 12.4 Å². The number of nitrogens with zero attached hydrogens (tertiary/aromatic N) is 2. The Bertz CT molecular complexity index is 316. The summed E-state index contributed by atoms with van der Waals surface area (Å²) in [5.74, 6) is 0.803. The number of hydrogen-bond donors (Lipinski definition) is 1. The smallest absolute Gasteiger partial charge is 0.242 e. The molecule has 1 amide bonds. The third-order valence-electron chi connectivity index (χ3n) is 4.55. The van der Waals surface area contributed by atoms with Crippen LogP contribution in [0.5, 0.6) is 0 Å². The largest absolute Gasteiger partial charge is 0.341 e. The third-order valence-corrected chi connectivity index (χ3v) is 4.55. The molecule has 0 aliphatic carbocycles. The van der Waals surface area contributed by atoms with Gasteiger partial charge in [0.2, 0.25) is 5.91 Å². The molecule has 0 aromatic carbocycles. The van der Waals surface area contributed by atoms with Crippen molar-refractivity contribution in [2.24, 2.45) is 11.7 Å². The first-order valence-corrected chi connectivity index (χ1v) is 7.83. The van der Waals surface area contributed by atoms with Crippen molar-refractivity contribution in [2.75, 3.05) is 32.7 Å². The van der Waals surface area contributed by atoms with E-state index in [4.69, 9.17) is 5.73 Å². The average Bonchev–Trinajstić information content (AvgIpc) is 3.00. The van der Waals surface area contributed by atoms with E-state index in [1.165, 1.54) is 32.5 Å². The molecule has 2 heterocycles. The fourth-order valence-corrected chi connectivity index (χ4v) is 3.48. The highest BCUT2D eigenvalue weighted by molar-refractivity contribution is 5.86. The molecule has 118 valence electrons. The van der Waals surface area contributed by atoms with Crippen molar-refractivity contribution in [3.05, 3.63) is 0 Å². The first kappa shape index (κ1) is 17.7. The van der Waals surface area contributed by atoms with Crippen LogP contribution in [0.15, 0.2) is 0 Å². The first-order chi connectivity index (χ1) is 9.03. The van der Waals surface area contributed by atoms with Crippen LogP contribution in [0.3, 0.4) is 0 Å². The van der Waals surface area contributed by atoms with E-state index in [9.17, 15) is 4.79 Å². The average molecular weight is 304 g/mol. The van der Waals surface area contributed by atoms with Crippen LogP contribution in [-0.4, -0.2) is 54.0 Å². The van der Waals surface area contributed by atoms with Crippen LogP contribution in [0.1, 0.15) is 46.0 Å². The van der Waals surface area contributed by atoms with Crippen molar-refractivity contribution in [1.82, 2.24) is 9.80 Å². The number of carbonyl (C=O) groups is 1. The van der Waals surface area contributed by atoms with Gasteiger partial charge < -0.3 is 15.5 Å². The quantitative estimate of drug-likeness (QED) is 0.843. The molecular weight excluding hydrogens is 274 g/mol. The summed E-state index contributed by atoms with van der Waals surface area (Å²) in [7, 11) is 0. The van der Waals surface area contributed by atoms with Crippen molar-refractivity contribution < 1.29 is 4.79 Å².